The molecule has 0 saturated carbocycles. The minimum absolute atomic E-state index is 0.178. The number of rotatable bonds is 4. The van der Waals surface area contributed by atoms with Crippen LogP contribution in [0.2, 0.25) is 0 Å². The summed E-state index contributed by atoms with van der Waals surface area (Å²) in [4.78, 5) is 7.81. The molecule has 8 aromatic rings. The van der Waals surface area contributed by atoms with E-state index in [1.807, 2.05) is 47.8 Å². The van der Waals surface area contributed by atoms with Gasteiger partial charge < -0.3 is 14.4 Å². The fraction of sp³-hybridized carbons (Fsp3) is 0.111. The van der Waals surface area contributed by atoms with Gasteiger partial charge >= 0.3 is 0 Å². The van der Waals surface area contributed by atoms with E-state index in [-0.39, 0.29) is 10.8 Å². The summed E-state index contributed by atoms with van der Waals surface area (Å²) in [5.41, 5.74) is 15.6. The number of fused-ring (bicyclic) bond motifs is 12. The second-order valence-electron chi connectivity index (χ2n) is 16.9. The maximum Gasteiger partial charge on any atom is 0.178 e. The summed E-state index contributed by atoms with van der Waals surface area (Å²) >= 11 is 3.81. The van der Waals surface area contributed by atoms with Crippen molar-refractivity contribution in [1.82, 2.24) is 0 Å². The molecule has 0 saturated heterocycles. The van der Waals surface area contributed by atoms with Crippen LogP contribution in [0.1, 0.15) is 49.9 Å². The van der Waals surface area contributed by atoms with E-state index < -0.39 is 0 Å². The molecule has 12 rings (SSSR count). The van der Waals surface area contributed by atoms with Gasteiger partial charge in [-0.25, -0.2) is 0 Å². The first-order chi connectivity index (χ1) is 28.7. The summed E-state index contributed by atoms with van der Waals surface area (Å²) in [5.74, 6) is 3.02. The molecule has 0 amide bonds. The highest BCUT2D eigenvalue weighted by Gasteiger charge is 2.42. The van der Waals surface area contributed by atoms with Gasteiger partial charge in [0.15, 0.2) is 23.0 Å². The fourth-order valence-electron chi connectivity index (χ4n) is 9.75. The molecule has 0 unspecified atom stereocenters. The van der Waals surface area contributed by atoms with Gasteiger partial charge in [-0.2, -0.15) is 0 Å². The van der Waals surface area contributed by atoms with Crippen molar-refractivity contribution in [2.75, 3.05) is 4.90 Å². The van der Waals surface area contributed by atoms with Crippen LogP contribution in [0.4, 0.5) is 17.1 Å². The largest absolute Gasteiger partial charge is 0.449 e. The van der Waals surface area contributed by atoms with Gasteiger partial charge in [-0.3, -0.25) is 0 Å². The van der Waals surface area contributed by atoms with E-state index in [1.165, 1.54) is 69.7 Å². The normalized spacial score (nSPS) is 15.2. The third-order valence-corrected chi connectivity index (χ3v) is 15.4. The molecule has 8 aromatic carbocycles. The molecular formula is C54H39NO2S2. The van der Waals surface area contributed by atoms with Gasteiger partial charge in [-0.15, -0.1) is 0 Å². The maximum atomic E-state index is 6.64. The van der Waals surface area contributed by atoms with Gasteiger partial charge in [0.25, 0.3) is 0 Å². The smallest absolute Gasteiger partial charge is 0.178 e. The Labute approximate surface area is 353 Å². The molecule has 0 atom stereocenters. The Hall–Kier alpha value is -6.14. The van der Waals surface area contributed by atoms with Gasteiger partial charge in [0.2, 0.25) is 0 Å². The highest BCUT2D eigenvalue weighted by Crippen LogP contribution is 2.61. The van der Waals surface area contributed by atoms with Crippen molar-refractivity contribution >= 4 is 40.6 Å². The number of hydrogen-bond donors (Lipinski definition) is 0. The first-order valence-electron chi connectivity index (χ1n) is 20.2. The van der Waals surface area contributed by atoms with Crippen molar-refractivity contribution in [3.05, 3.63) is 186 Å². The molecule has 0 N–H and O–H groups in total. The van der Waals surface area contributed by atoms with Gasteiger partial charge in [0, 0.05) is 58.6 Å². The predicted molar refractivity (Wildman–Crippen MR) is 243 cm³/mol. The van der Waals surface area contributed by atoms with Gasteiger partial charge in [0.1, 0.15) is 0 Å². The van der Waals surface area contributed by atoms with Crippen molar-refractivity contribution in [2.45, 2.75) is 58.1 Å². The summed E-state index contributed by atoms with van der Waals surface area (Å²) in [6.45, 7) is 9.44. The van der Waals surface area contributed by atoms with Crippen molar-refractivity contribution in [3.63, 3.8) is 0 Å². The molecular weight excluding hydrogens is 759 g/mol. The number of benzene rings is 8. The fourth-order valence-corrected chi connectivity index (χ4v) is 12.2. The van der Waals surface area contributed by atoms with E-state index in [4.69, 9.17) is 9.47 Å². The quantitative estimate of drug-likeness (QED) is 0.176. The Bertz CT molecular complexity index is 2890. The minimum atomic E-state index is -0.270. The predicted octanol–water partition coefficient (Wildman–Crippen LogP) is 15.9. The molecule has 0 fully saturated rings. The molecule has 59 heavy (non-hydrogen) atoms. The monoisotopic (exact) mass is 797 g/mol. The maximum absolute atomic E-state index is 6.64. The zero-order valence-electron chi connectivity index (χ0n) is 33.2. The van der Waals surface area contributed by atoms with Crippen LogP contribution in [0.5, 0.6) is 23.0 Å². The van der Waals surface area contributed by atoms with Crippen LogP contribution in [0.3, 0.4) is 0 Å². The standard InChI is InChI=1S/C54H39NO2S2/c1-53(2)39-26-28-45-51(57-44-15-9-8-14-43(44)56-45)49(39)37-24-22-35(30-41(37)53)55(34-20-18-33(19-21-34)32-12-6-5-7-13-32)36-23-25-38-42(31-36)54(3,4)40-27-29-48-52(50(38)40)59-47-17-11-10-16-46(47)58-48/h5-31H,1-4H3. The molecule has 5 heteroatoms. The van der Waals surface area contributed by atoms with E-state index in [1.54, 1.807) is 0 Å². The van der Waals surface area contributed by atoms with E-state index in [9.17, 15) is 0 Å². The van der Waals surface area contributed by atoms with E-state index in [0.717, 1.165) is 45.6 Å². The van der Waals surface area contributed by atoms with Crippen molar-refractivity contribution in [1.29, 1.82) is 0 Å². The number of ether oxygens (including phenoxy) is 2. The molecule has 0 bridgehead atoms. The highest BCUT2D eigenvalue weighted by molar-refractivity contribution is 8.05. The molecule has 2 heterocycles. The third kappa shape index (κ3) is 5.17. The first-order valence-corrected chi connectivity index (χ1v) is 21.9. The lowest BCUT2D eigenvalue weighted by molar-refractivity contribution is 0.360. The second kappa shape index (κ2) is 12.7. The lowest BCUT2D eigenvalue weighted by atomic mass is 9.82. The Morgan fingerprint density at radius 2 is 0.949 bits per heavy atom. The third-order valence-electron chi connectivity index (χ3n) is 12.8. The Kier molecular flexibility index (Phi) is 7.49. The molecule has 4 aliphatic rings. The average Bonchev–Trinajstić information content (AvgIpc) is 3.64. The zero-order chi connectivity index (χ0) is 39.6. The number of anilines is 3. The summed E-state index contributed by atoms with van der Waals surface area (Å²) in [5, 5.41) is 0. The zero-order valence-corrected chi connectivity index (χ0v) is 34.8. The summed E-state index contributed by atoms with van der Waals surface area (Å²) in [6, 6.07) is 59.5. The number of nitrogens with zero attached hydrogens (tertiary/aromatic N) is 1. The van der Waals surface area contributed by atoms with Crippen molar-refractivity contribution in [2.24, 2.45) is 0 Å². The van der Waals surface area contributed by atoms with Crippen LogP contribution in [0.25, 0.3) is 33.4 Å². The van der Waals surface area contributed by atoms with Crippen molar-refractivity contribution < 1.29 is 9.47 Å². The summed E-state index contributed by atoms with van der Waals surface area (Å²) in [6.07, 6.45) is 0. The van der Waals surface area contributed by atoms with E-state index in [2.05, 4.69) is 172 Å². The highest BCUT2D eigenvalue weighted by atomic mass is 32.2. The number of para-hydroxylation sites is 2. The van der Waals surface area contributed by atoms with Crippen molar-refractivity contribution in [3.8, 4) is 56.4 Å². The summed E-state index contributed by atoms with van der Waals surface area (Å²) < 4.78 is 13.0. The Morgan fingerprint density at radius 3 is 1.64 bits per heavy atom. The molecule has 2 aliphatic heterocycles. The van der Waals surface area contributed by atoms with Gasteiger partial charge in [0.05, 0.1) is 0 Å². The van der Waals surface area contributed by atoms with Gasteiger partial charge in [-0.05, 0) is 117 Å². The van der Waals surface area contributed by atoms with Crippen LogP contribution in [-0.4, -0.2) is 0 Å². The summed E-state index contributed by atoms with van der Waals surface area (Å²) in [7, 11) is 0. The molecule has 0 radical (unpaired) electrons. The van der Waals surface area contributed by atoms with Crippen LogP contribution >= 0.6 is 23.5 Å². The minimum Gasteiger partial charge on any atom is -0.449 e. The molecule has 3 nitrogen and oxygen atoms in total. The van der Waals surface area contributed by atoms with Gasteiger partial charge in [-0.1, -0.05) is 142 Å². The molecule has 0 aromatic heterocycles. The molecule has 2 aliphatic carbocycles. The second-order valence-corrected chi connectivity index (χ2v) is 19.0. The SMILES string of the molecule is CC1(C)c2cc(N(c3ccc(-c4ccccc4)cc3)c3ccc4c(c3)C(C)(C)c3ccc5c(c3-4)Sc3ccccc3S5)ccc2-c2c1ccc1c2Oc2ccccc2O1. The van der Waals surface area contributed by atoms with Crippen LogP contribution in [-0.2, 0) is 10.8 Å². The first kappa shape index (κ1) is 34.9. The number of hydrogen-bond acceptors (Lipinski definition) is 5. The van der Waals surface area contributed by atoms with Crippen LogP contribution in [0, 0.1) is 0 Å². The van der Waals surface area contributed by atoms with E-state index in [0.29, 0.717) is 0 Å². The Morgan fingerprint density at radius 1 is 0.407 bits per heavy atom. The lowest BCUT2D eigenvalue weighted by Gasteiger charge is -2.30. The Balaban J connectivity index is 1.00. The molecule has 284 valence electrons. The average molecular weight is 798 g/mol. The van der Waals surface area contributed by atoms with Crippen LogP contribution in [0.15, 0.2) is 183 Å². The topological polar surface area (TPSA) is 21.7 Å². The van der Waals surface area contributed by atoms with E-state index >= 15 is 0 Å². The lowest BCUT2D eigenvalue weighted by Crippen LogP contribution is -2.18. The molecule has 0 spiro atoms. The van der Waals surface area contributed by atoms with Crippen LogP contribution < -0.4 is 14.4 Å².